The first-order valence-electron chi connectivity index (χ1n) is 7.97. The van der Waals surface area contributed by atoms with Crippen molar-refractivity contribution in [1.82, 2.24) is 4.90 Å². The summed E-state index contributed by atoms with van der Waals surface area (Å²) >= 11 is 3.46. The fraction of sp³-hybridized carbons (Fsp3) is 0.263. The molecule has 1 N–H and O–H groups in total. The Morgan fingerprint density at radius 3 is 2.69 bits per heavy atom. The van der Waals surface area contributed by atoms with E-state index in [1.54, 1.807) is 33.5 Å². The lowest BCUT2D eigenvalue weighted by Crippen LogP contribution is -2.27. The molecule has 0 heterocycles. The molecule has 0 saturated carbocycles. The summed E-state index contributed by atoms with van der Waals surface area (Å²) in [7, 11) is 4.91. The molecule has 0 aliphatic heterocycles. The highest BCUT2D eigenvalue weighted by Gasteiger charge is 2.14. The van der Waals surface area contributed by atoms with Crippen LogP contribution in [0.5, 0.6) is 11.5 Å². The molecule has 26 heavy (non-hydrogen) atoms. The third-order valence-corrected chi connectivity index (χ3v) is 4.22. The smallest absolute Gasteiger partial charge is 0.259 e. The van der Waals surface area contributed by atoms with E-state index in [0.29, 0.717) is 16.0 Å². The summed E-state index contributed by atoms with van der Waals surface area (Å²) in [6, 6.07) is 11.5. The number of para-hydroxylation sites is 1. The van der Waals surface area contributed by atoms with Gasteiger partial charge in [0.25, 0.3) is 5.91 Å². The lowest BCUT2D eigenvalue weighted by atomic mass is 10.2. The van der Waals surface area contributed by atoms with Crippen molar-refractivity contribution in [2.24, 2.45) is 5.10 Å². The number of carbonyl (C=O) groups excluding carboxylic acids is 1. The van der Waals surface area contributed by atoms with Crippen LogP contribution in [0.25, 0.3) is 0 Å². The topological polar surface area (TPSA) is 63.2 Å². The zero-order valence-corrected chi connectivity index (χ0v) is 16.8. The number of hydrogen-bond donors (Lipinski definition) is 1. The van der Waals surface area contributed by atoms with E-state index in [-0.39, 0.29) is 12.5 Å². The highest BCUT2D eigenvalue weighted by molar-refractivity contribution is 9.10. The van der Waals surface area contributed by atoms with Crippen molar-refractivity contribution in [1.29, 1.82) is 0 Å². The van der Waals surface area contributed by atoms with E-state index in [2.05, 4.69) is 26.5 Å². The normalized spacial score (nSPS) is 10.7. The molecule has 138 valence electrons. The second-order valence-corrected chi connectivity index (χ2v) is 6.65. The van der Waals surface area contributed by atoms with Gasteiger partial charge in [0.05, 0.1) is 23.5 Å². The number of carbonyl (C=O) groups is 1. The number of likely N-dealkylation sites (N-methyl/N-ethyl adjacent to an activating group) is 1. The van der Waals surface area contributed by atoms with Gasteiger partial charge in [0, 0.05) is 14.1 Å². The van der Waals surface area contributed by atoms with Gasteiger partial charge in [0.2, 0.25) is 0 Å². The minimum atomic E-state index is -0.132. The quantitative estimate of drug-likeness (QED) is 0.549. The fourth-order valence-electron chi connectivity index (χ4n) is 2.09. The maximum atomic E-state index is 11.7. The lowest BCUT2D eigenvalue weighted by molar-refractivity contribution is -0.130. The first kappa shape index (κ1) is 19.8. The summed E-state index contributed by atoms with van der Waals surface area (Å²) in [4.78, 5) is 13.2. The number of anilines is 1. The van der Waals surface area contributed by atoms with Crippen molar-refractivity contribution in [3.8, 4) is 11.5 Å². The fourth-order valence-corrected chi connectivity index (χ4v) is 2.67. The van der Waals surface area contributed by atoms with Gasteiger partial charge >= 0.3 is 0 Å². The Morgan fingerprint density at radius 2 is 2.04 bits per heavy atom. The molecule has 0 atom stereocenters. The molecule has 0 radical (unpaired) electrons. The Balaban J connectivity index is 2.13. The average Bonchev–Trinajstić information content (AvgIpc) is 2.61. The van der Waals surface area contributed by atoms with Gasteiger partial charge in [-0.05, 0) is 52.2 Å². The van der Waals surface area contributed by atoms with E-state index >= 15 is 0 Å². The first-order chi connectivity index (χ1) is 12.4. The minimum Gasteiger partial charge on any atom is -0.493 e. The van der Waals surface area contributed by atoms with Gasteiger partial charge in [-0.15, -0.1) is 0 Å². The highest BCUT2D eigenvalue weighted by Crippen LogP contribution is 2.36. The highest BCUT2D eigenvalue weighted by atomic mass is 79.9. The molecule has 0 aromatic heterocycles. The van der Waals surface area contributed by atoms with Gasteiger partial charge in [-0.3, -0.25) is 10.2 Å². The number of methoxy groups -OCH3 is 1. The number of hydrazone groups is 1. The van der Waals surface area contributed by atoms with Gasteiger partial charge in [-0.25, -0.2) is 0 Å². The molecule has 1 amide bonds. The summed E-state index contributed by atoms with van der Waals surface area (Å²) < 4.78 is 11.7. The van der Waals surface area contributed by atoms with Gasteiger partial charge < -0.3 is 14.4 Å². The van der Waals surface area contributed by atoms with Crippen LogP contribution in [0, 0.1) is 6.92 Å². The Kier molecular flexibility index (Phi) is 7.03. The third-order valence-electron chi connectivity index (χ3n) is 3.63. The number of nitrogens with zero attached hydrogens (tertiary/aromatic N) is 2. The minimum absolute atomic E-state index is 0.0652. The van der Waals surface area contributed by atoms with E-state index in [1.807, 2.05) is 37.3 Å². The maximum Gasteiger partial charge on any atom is 0.259 e. The van der Waals surface area contributed by atoms with Crippen molar-refractivity contribution < 1.29 is 14.3 Å². The molecule has 2 rings (SSSR count). The van der Waals surface area contributed by atoms with Gasteiger partial charge in [-0.1, -0.05) is 18.2 Å². The zero-order chi connectivity index (χ0) is 19.1. The van der Waals surface area contributed by atoms with E-state index in [9.17, 15) is 4.79 Å². The van der Waals surface area contributed by atoms with Crippen molar-refractivity contribution >= 4 is 33.7 Å². The number of amides is 1. The molecule has 0 aliphatic carbocycles. The predicted molar refractivity (Wildman–Crippen MR) is 107 cm³/mol. The number of aryl methyl sites for hydroxylation is 1. The van der Waals surface area contributed by atoms with Gasteiger partial charge in [-0.2, -0.15) is 5.10 Å². The van der Waals surface area contributed by atoms with E-state index < -0.39 is 0 Å². The van der Waals surface area contributed by atoms with E-state index in [1.165, 1.54) is 4.90 Å². The number of nitrogens with one attached hydrogen (secondary N) is 1. The zero-order valence-electron chi connectivity index (χ0n) is 15.2. The van der Waals surface area contributed by atoms with Crippen LogP contribution >= 0.6 is 15.9 Å². The average molecular weight is 420 g/mol. The van der Waals surface area contributed by atoms with Crippen LogP contribution < -0.4 is 14.9 Å². The van der Waals surface area contributed by atoms with Crippen LogP contribution in [0.2, 0.25) is 0 Å². The molecular weight excluding hydrogens is 398 g/mol. The Labute approximate surface area is 161 Å². The number of benzene rings is 2. The lowest BCUT2D eigenvalue weighted by Gasteiger charge is -2.15. The molecule has 0 spiro atoms. The van der Waals surface area contributed by atoms with Crippen molar-refractivity contribution in [2.75, 3.05) is 33.2 Å². The van der Waals surface area contributed by atoms with Gasteiger partial charge in [0.15, 0.2) is 18.1 Å². The number of hydrogen-bond acceptors (Lipinski definition) is 5. The maximum absolute atomic E-state index is 11.7. The summed E-state index contributed by atoms with van der Waals surface area (Å²) in [5.74, 6) is 0.863. The van der Waals surface area contributed by atoms with Gasteiger partial charge in [0.1, 0.15) is 0 Å². The SMILES string of the molecule is COc1cc(/C=N\Nc2ccccc2C)cc(Br)c1OCC(=O)N(C)C. The molecule has 0 bridgehead atoms. The molecule has 6 nitrogen and oxygen atoms in total. The molecule has 0 aliphatic rings. The molecule has 2 aromatic rings. The molecule has 2 aromatic carbocycles. The Morgan fingerprint density at radius 1 is 1.31 bits per heavy atom. The van der Waals surface area contributed by atoms with Crippen molar-refractivity contribution in [3.05, 3.63) is 52.0 Å². The second-order valence-electron chi connectivity index (χ2n) is 5.80. The van der Waals surface area contributed by atoms with Crippen LogP contribution in [-0.2, 0) is 4.79 Å². The molecule has 0 fully saturated rings. The van der Waals surface area contributed by atoms with Crippen molar-refractivity contribution in [3.63, 3.8) is 0 Å². The summed E-state index contributed by atoms with van der Waals surface area (Å²) in [6.45, 7) is 1.95. The Hall–Kier alpha value is -2.54. The predicted octanol–water partition coefficient (Wildman–Crippen LogP) is 3.68. The first-order valence-corrected chi connectivity index (χ1v) is 8.77. The largest absolute Gasteiger partial charge is 0.493 e. The van der Waals surface area contributed by atoms with E-state index in [4.69, 9.17) is 9.47 Å². The number of halogens is 1. The van der Waals surface area contributed by atoms with Crippen molar-refractivity contribution in [2.45, 2.75) is 6.92 Å². The van der Waals surface area contributed by atoms with Crippen LogP contribution in [0.4, 0.5) is 5.69 Å². The van der Waals surface area contributed by atoms with Crippen LogP contribution in [0.3, 0.4) is 0 Å². The number of rotatable bonds is 7. The molecule has 7 heteroatoms. The Bertz CT molecular complexity index is 807. The number of ether oxygens (including phenoxy) is 2. The van der Waals surface area contributed by atoms with Crippen LogP contribution in [0.1, 0.15) is 11.1 Å². The molecular formula is C19H22BrN3O3. The molecule has 0 saturated heterocycles. The monoisotopic (exact) mass is 419 g/mol. The third kappa shape index (κ3) is 5.23. The molecule has 0 unspecified atom stereocenters. The van der Waals surface area contributed by atoms with Crippen LogP contribution in [-0.4, -0.2) is 44.8 Å². The second kappa shape index (κ2) is 9.24. The summed E-state index contributed by atoms with van der Waals surface area (Å²) in [6.07, 6.45) is 1.69. The standard InChI is InChI=1S/C19H22BrN3O3/c1-13-7-5-6-8-16(13)22-21-11-14-9-15(20)19(17(10-14)25-4)26-12-18(24)23(2)3/h5-11,22H,12H2,1-4H3/b21-11-. The summed E-state index contributed by atoms with van der Waals surface area (Å²) in [5.41, 5.74) is 5.89. The van der Waals surface area contributed by atoms with Crippen LogP contribution in [0.15, 0.2) is 46.0 Å². The van der Waals surface area contributed by atoms with E-state index in [0.717, 1.165) is 16.8 Å². The summed E-state index contributed by atoms with van der Waals surface area (Å²) in [5, 5.41) is 4.26.